The summed E-state index contributed by atoms with van der Waals surface area (Å²) in [6, 6.07) is 41.5. The average molecular weight is 463 g/mol. The van der Waals surface area contributed by atoms with E-state index in [0.717, 1.165) is 12.8 Å². The van der Waals surface area contributed by atoms with E-state index < -0.39 is 0 Å². The molecule has 1 aromatic heterocycles. The minimum absolute atomic E-state index is 1.01. The Morgan fingerprint density at radius 2 is 1.42 bits per heavy atom. The van der Waals surface area contributed by atoms with Gasteiger partial charge in [0.1, 0.15) is 0 Å². The van der Waals surface area contributed by atoms with Crippen molar-refractivity contribution in [2.24, 2.45) is 0 Å². The first-order chi connectivity index (χ1) is 17.9. The van der Waals surface area contributed by atoms with E-state index in [0.29, 0.717) is 0 Å². The van der Waals surface area contributed by atoms with Gasteiger partial charge in [-0.2, -0.15) is 0 Å². The highest BCUT2D eigenvalue weighted by atomic mass is 15.2. The zero-order valence-corrected chi connectivity index (χ0v) is 20.0. The van der Waals surface area contributed by atoms with E-state index in [1.165, 1.54) is 55.3 Å². The summed E-state index contributed by atoms with van der Waals surface area (Å²) in [6.07, 6.45) is 8.78. The van der Waals surface area contributed by atoms with Gasteiger partial charge < -0.3 is 9.47 Å². The number of rotatable bonds is 4. The van der Waals surface area contributed by atoms with Gasteiger partial charge in [-0.3, -0.25) is 0 Å². The van der Waals surface area contributed by atoms with E-state index in [2.05, 4.69) is 143 Å². The molecule has 5 aromatic carbocycles. The number of hydrogen-bond donors (Lipinski definition) is 0. The molecule has 6 aromatic rings. The first-order valence-corrected chi connectivity index (χ1v) is 12.6. The average Bonchev–Trinajstić information content (AvgIpc) is 3.30. The predicted molar refractivity (Wildman–Crippen MR) is 153 cm³/mol. The summed E-state index contributed by atoms with van der Waals surface area (Å²) in [5.41, 5.74) is 7.37. The first-order valence-electron chi connectivity index (χ1n) is 12.6. The molecule has 0 bridgehead atoms. The molecular weight excluding hydrogens is 436 g/mol. The van der Waals surface area contributed by atoms with Gasteiger partial charge in [-0.25, -0.2) is 0 Å². The summed E-state index contributed by atoms with van der Waals surface area (Å²) < 4.78 is 2.44. The van der Waals surface area contributed by atoms with Gasteiger partial charge in [0.2, 0.25) is 0 Å². The minimum atomic E-state index is 1.01. The Balaban J connectivity index is 1.65. The van der Waals surface area contributed by atoms with Crippen molar-refractivity contribution in [3.05, 3.63) is 139 Å². The zero-order valence-electron chi connectivity index (χ0n) is 20.0. The molecule has 0 saturated heterocycles. The fraction of sp³-hybridized carbons (Fsp3) is 0.0588. The van der Waals surface area contributed by atoms with Crippen molar-refractivity contribution in [2.75, 3.05) is 4.90 Å². The predicted octanol–water partition coefficient (Wildman–Crippen LogP) is 9.31. The Morgan fingerprint density at radius 1 is 0.639 bits per heavy atom. The van der Waals surface area contributed by atoms with E-state index in [-0.39, 0.29) is 0 Å². The molecule has 0 aliphatic heterocycles. The van der Waals surface area contributed by atoms with Crippen molar-refractivity contribution in [1.29, 1.82) is 0 Å². The topological polar surface area (TPSA) is 8.17 Å². The van der Waals surface area contributed by atoms with Gasteiger partial charge in [0.25, 0.3) is 0 Å². The second kappa shape index (κ2) is 8.58. The van der Waals surface area contributed by atoms with Crippen LogP contribution in [0.15, 0.2) is 139 Å². The molecule has 0 saturated carbocycles. The minimum Gasteiger partial charge on any atom is -0.314 e. The maximum Gasteiger partial charge on any atom is 0.0640 e. The Kier molecular flexibility index (Phi) is 4.96. The number of nitrogens with zero attached hydrogens (tertiary/aromatic N) is 2. The van der Waals surface area contributed by atoms with Crippen LogP contribution in [0.25, 0.3) is 38.3 Å². The molecule has 2 nitrogen and oxygen atoms in total. The maximum atomic E-state index is 2.46. The van der Waals surface area contributed by atoms with E-state index in [1.807, 2.05) is 0 Å². The van der Waals surface area contributed by atoms with E-state index in [1.54, 1.807) is 0 Å². The summed E-state index contributed by atoms with van der Waals surface area (Å²) in [5.74, 6) is 0. The third-order valence-electron chi connectivity index (χ3n) is 7.20. The van der Waals surface area contributed by atoms with Crippen molar-refractivity contribution in [2.45, 2.75) is 12.8 Å². The number of fused-ring (bicyclic) bond motifs is 5. The number of anilines is 2. The second-order valence-corrected chi connectivity index (χ2v) is 9.32. The van der Waals surface area contributed by atoms with Crippen molar-refractivity contribution in [3.63, 3.8) is 0 Å². The van der Waals surface area contributed by atoms with E-state index in [4.69, 9.17) is 0 Å². The van der Waals surface area contributed by atoms with Gasteiger partial charge in [-0.05, 0) is 60.7 Å². The Morgan fingerprint density at radius 3 is 2.22 bits per heavy atom. The highest BCUT2D eigenvalue weighted by molar-refractivity contribution is 6.22. The third kappa shape index (κ3) is 3.26. The van der Waals surface area contributed by atoms with Gasteiger partial charge in [-0.1, -0.05) is 91.0 Å². The first kappa shape index (κ1) is 20.8. The summed E-state index contributed by atoms with van der Waals surface area (Å²) in [5, 5.41) is 5.07. The molecule has 1 aliphatic carbocycles. The molecule has 1 aliphatic rings. The van der Waals surface area contributed by atoms with Gasteiger partial charge in [0.15, 0.2) is 0 Å². The van der Waals surface area contributed by atoms with Crippen LogP contribution >= 0.6 is 0 Å². The lowest BCUT2D eigenvalue weighted by atomic mass is 10.0. The molecule has 0 radical (unpaired) electrons. The summed E-state index contributed by atoms with van der Waals surface area (Å²) in [7, 11) is 0. The molecule has 0 spiro atoms. The van der Waals surface area contributed by atoms with Crippen LogP contribution in [0.3, 0.4) is 0 Å². The fourth-order valence-corrected chi connectivity index (χ4v) is 5.65. The summed E-state index contributed by atoms with van der Waals surface area (Å²) in [6.45, 7) is 0. The quantitative estimate of drug-likeness (QED) is 0.253. The van der Waals surface area contributed by atoms with Gasteiger partial charge >= 0.3 is 0 Å². The lowest BCUT2D eigenvalue weighted by Gasteiger charge is -2.30. The van der Waals surface area contributed by atoms with Crippen molar-refractivity contribution in [3.8, 4) is 5.69 Å². The molecule has 0 amide bonds. The second-order valence-electron chi connectivity index (χ2n) is 9.32. The number of aromatic nitrogens is 1. The molecule has 0 atom stereocenters. The molecule has 0 fully saturated rings. The number of hydrogen-bond acceptors (Lipinski definition) is 1. The van der Waals surface area contributed by atoms with Crippen LogP contribution in [0.2, 0.25) is 0 Å². The normalized spacial score (nSPS) is 13.4. The van der Waals surface area contributed by atoms with Crippen LogP contribution in [0.4, 0.5) is 11.4 Å². The number of para-hydroxylation sites is 3. The molecule has 36 heavy (non-hydrogen) atoms. The standard InChI is InChI=1S/C34H26N2/c1-4-14-26(15-5-1)35(27-16-6-2-7-17-27)32-22-12-13-25-23-24-30-29-20-10-11-21-31(29)36(34(30)33(25)32)28-18-8-3-9-19-28/h1-6,8-16,18-24H,7,17H2. The third-order valence-corrected chi connectivity index (χ3v) is 7.20. The van der Waals surface area contributed by atoms with E-state index >= 15 is 0 Å². The molecule has 7 rings (SSSR count). The largest absolute Gasteiger partial charge is 0.314 e. The highest BCUT2D eigenvalue weighted by Crippen LogP contribution is 2.43. The molecule has 172 valence electrons. The lowest BCUT2D eigenvalue weighted by Crippen LogP contribution is -2.17. The summed E-state index contributed by atoms with van der Waals surface area (Å²) >= 11 is 0. The maximum absolute atomic E-state index is 2.46. The van der Waals surface area contributed by atoms with Crippen molar-refractivity contribution >= 4 is 44.0 Å². The van der Waals surface area contributed by atoms with Crippen molar-refractivity contribution in [1.82, 2.24) is 4.57 Å². The van der Waals surface area contributed by atoms with Crippen LogP contribution in [0.1, 0.15) is 12.8 Å². The Hall–Kier alpha value is -4.56. The van der Waals surface area contributed by atoms with Gasteiger partial charge in [0, 0.05) is 33.2 Å². The SMILES string of the molecule is C1=CCCC(N(c2ccccc2)c2cccc3ccc4c5ccccc5n(-c5ccccc5)c4c23)=C1. The van der Waals surface area contributed by atoms with Crippen molar-refractivity contribution < 1.29 is 0 Å². The van der Waals surface area contributed by atoms with E-state index in [9.17, 15) is 0 Å². The Bertz CT molecular complexity index is 1770. The number of benzene rings is 5. The molecular formula is C34H26N2. The molecule has 0 unspecified atom stereocenters. The van der Waals surface area contributed by atoms with Gasteiger partial charge in [-0.15, -0.1) is 0 Å². The van der Waals surface area contributed by atoms with Crippen LogP contribution in [-0.4, -0.2) is 4.57 Å². The smallest absolute Gasteiger partial charge is 0.0640 e. The van der Waals surface area contributed by atoms with Crippen LogP contribution in [-0.2, 0) is 0 Å². The summed E-state index contributed by atoms with van der Waals surface area (Å²) in [4.78, 5) is 2.46. The van der Waals surface area contributed by atoms with Crippen LogP contribution < -0.4 is 4.90 Å². The fourth-order valence-electron chi connectivity index (χ4n) is 5.65. The van der Waals surface area contributed by atoms with Crippen LogP contribution in [0, 0.1) is 0 Å². The molecule has 1 heterocycles. The molecule has 2 heteroatoms. The zero-order chi connectivity index (χ0) is 23.9. The van der Waals surface area contributed by atoms with Crippen LogP contribution in [0.5, 0.6) is 0 Å². The lowest BCUT2D eigenvalue weighted by molar-refractivity contribution is 0.919. The van der Waals surface area contributed by atoms with Gasteiger partial charge in [0.05, 0.1) is 16.7 Å². The Labute approximate surface area is 211 Å². The highest BCUT2D eigenvalue weighted by Gasteiger charge is 2.22. The number of allylic oxidation sites excluding steroid dienone is 4. The monoisotopic (exact) mass is 462 g/mol. The molecule has 0 N–H and O–H groups in total.